The van der Waals surface area contributed by atoms with Crippen LogP contribution in [0.15, 0.2) is 53.4 Å². The maximum Gasteiger partial charge on any atom is 0.269 e. The average Bonchev–Trinajstić information content (AvgIpc) is 3.25. The van der Waals surface area contributed by atoms with Crippen molar-refractivity contribution < 1.29 is 22.7 Å². The maximum atomic E-state index is 12.5. The van der Waals surface area contributed by atoms with Crippen molar-refractivity contribution in [3.8, 4) is 0 Å². The normalized spacial score (nSPS) is 16.4. The minimum atomic E-state index is -3.79. The smallest absolute Gasteiger partial charge is 0.269 e. The predicted octanol–water partition coefficient (Wildman–Crippen LogP) is 1.87. The number of ether oxygens (including phenoxy) is 1. The van der Waals surface area contributed by atoms with E-state index in [0.29, 0.717) is 17.2 Å². The number of hydrogen-bond donors (Lipinski definition) is 3. The Balaban J connectivity index is 1.61. The van der Waals surface area contributed by atoms with Crippen LogP contribution in [0.25, 0.3) is 0 Å². The predicted molar refractivity (Wildman–Crippen MR) is 107 cm³/mol. The first-order chi connectivity index (χ1) is 13.8. The molecule has 1 atom stereocenters. The van der Waals surface area contributed by atoms with Gasteiger partial charge >= 0.3 is 0 Å². The third kappa shape index (κ3) is 5.77. The Morgan fingerprint density at radius 3 is 2.38 bits per heavy atom. The molecule has 2 aromatic rings. The van der Waals surface area contributed by atoms with Gasteiger partial charge in [0.1, 0.15) is 0 Å². The summed E-state index contributed by atoms with van der Waals surface area (Å²) in [5, 5.41) is 0.483. The summed E-state index contributed by atoms with van der Waals surface area (Å²) >= 11 is 5.77. The fourth-order valence-corrected chi connectivity index (χ4v) is 3.99. The lowest BCUT2D eigenvalue weighted by atomic mass is 10.2. The largest absolute Gasteiger partial charge is 0.377 e. The zero-order chi connectivity index (χ0) is 20.9. The van der Waals surface area contributed by atoms with E-state index in [1.807, 2.05) is 0 Å². The van der Waals surface area contributed by atoms with Crippen LogP contribution in [0.2, 0.25) is 5.02 Å². The number of rotatable bonds is 6. The van der Waals surface area contributed by atoms with Crippen LogP contribution in [-0.4, -0.2) is 39.5 Å². The first-order valence-corrected chi connectivity index (χ1v) is 10.8. The molecule has 0 aliphatic carbocycles. The quantitative estimate of drug-likeness (QED) is 0.597. The van der Waals surface area contributed by atoms with Crippen molar-refractivity contribution in [3.63, 3.8) is 0 Å². The van der Waals surface area contributed by atoms with Crippen molar-refractivity contribution in [3.05, 3.63) is 64.7 Å². The third-order valence-electron chi connectivity index (χ3n) is 4.33. The van der Waals surface area contributed by atoms with Crippen LogP contribution in [0.3, 0.4) is 0 Å². The van der Waals surface area contributed by atoms with Crippen molar-refractivity contribution in [1.82, 2.24) is 15.6 Å². The first-order valence-electron chi connectivity index (χ1n) is 8.93. The second-order valence-corrected chi connectivity index (χ2v) is 8.63. The maximum absolute atomic E-state index is 12.5. The molecule has 8 nitrogen and oxygen atoms in total. The SMILES string of the molecule is O=C(NNC(=O)c1cccc(S(=O)(=O)NCC2CCCO2)c1)c1ccc(Cl)cc1. The highest BCUT2D eigenvalue weighted by molar-refractivity contribution is 7.89. The molecule has 1 unspecified atom stereocenters. The van der Waals surface area contributed by atoms with Gasteiger partial charge in [-0.25, -0.2) is 13.1 Å². The fraction of sp³-hybridized carbons (Fsp3) is 0.263. The number of carbonyl (C=O) groups is 2. The van der Waals surface area contributed by atoms with E-state index in [4.69, 9.17) is 16.3 Å². The molecule has 29 heavy (non-hydrogen) atoms. The average molecular weight is 438 g/mol. The van der Waals surface area contributed by atoms with Crippen molar-refractivity contribution >= 4 is 33.4 Å². The minimum absolute atomic E-state index is 0.0489. The van der Waals surface area contributed by atoms with Gasteiger partial charge in [0.15, 0.2) is 0 Å². The number of amides is 2. The van der Waals surface area contributed by atoms with E-state index >= 15 is 0 Å². The van der Waals surface area contributed by atoms with Crippen LogP contribution >= 0.6 is 11.6 Å². The lowest BCUT2D eigenvalue weighted by Crippen LogP contribution is -2.41. The molecule has 0 spiro atoms. The van der Waals surface area contributed by atoms with Gasteiger partial charge < -0.3 is 4.74 Å². The highest BCUT2D eigenvalue weighted by Crippen LogP contribution is 2.15. The molecule has 1 aliphatic heterocycles. The van der Waals surface area contributed by atoms with Crippen molar-refractivity contribution in [2.45, 2.75) is 23.8 Å². The van der Waals surface area contributed by atoms with Crippen LogP contribution in [0.4, 0.5) is 0 Å². The number of benzene rings is 2. The summed E-state index contributed by atoms with van der Waals surface area (Å²) in [6.45, 7) is 0.805. The monoisotopic (exact) mass is 437 g/mol. The molecule has 1 saturated heterocycles. The first kappa shape index (κ1) is 21.3. The molecule has 0 aromatic heterocycles. The Kier molecular flexibility index (Phi) is 6.86. The summed E-state index contributed by atoms with van der Waals surface area (Å²) in [5.41, 5.74) is 4.93. The molecule has 3 N–H and O–H groups in total. The third-order valence-corrected chi connectivity index (χ3v) is 6.00. The zero-order valence-corrected chi connectivity index (χ0v) is 16.9. The van der Waals surface area contributed by atoms with E-state index in [0.717, 1.165) is 12.8 Å². The van der Waals surface area contributed by atoms with Gasteiger partial charge in [-0.15, -0.1) is 0 Å². The lowest BCUT2D eigenvalue weighted by Gasteiger charge is -2.12. The Morgan fingerprint density at radius 1 is 1.03 bits per heavy atom. The number of carbonyl (C=O) groups excluding carboxylic acids is 2. The Bertz CT molecular complexity index is 989. The summed E-state index contributed by atoms with van der Waals surface area (Å²) in [7, 11) is -3.79. The number of nitrogens with one attached hydrogen (secondary N) is 3. The van der Waals surface area contributed by atoms with Gasteiger partial charge in [0, 0.05) is 29.3 Å². The van der Waals surface area contributed by atoms with Gasteiger partial charge in [-0.1, -0.05) is 17.7 Å². The summed E-state index contributed by atoms with van der Waals surface area (Å²) < 4.78 is 32.8. The van der Waals surface area contributed by atoms with Gasteiger partial charge in [-0.05, 0) is 55.3 Å². The Labute approximate surface area is 173 Å². The summed E-state index contributed by atoms with van der Waals surface area (Å²) in [6, 6.07) is 11.7. The second-order valence-electron chi connectivity index (χ2n) is 6.43. The second kappa shape index (κ2) is 9.36. The van der Waals surface area contributed by atoms with Crippen LogP contribution < -0.4 is 15.6 Å². The van der Waals surface area contributed by atoms with E-state index < -0.39 is 21.8 Å². The molecule has 1 fully saturated rings. The summed E-state index contributed by atoms with van der Waals surface area (Å²) in [5.74, 6) is -1.18. The summed E-state index contributed by atoms with van der Waals surface area (Å²) in [4.78, 5) is 24.3. The molecule has 10 heteroatoms. The molecule has 0 saturated carbocycles. The van der Waals surface area contributed by atoms with Crippen LogP contribution in [0, 0.1) is 0 Å². The molecule has 3 rings (SSSR count). The van der Waals surface area contributed by atoms with Gasteiger partial charge in [0.25, 0.3) is 11.8 Å². The Morgan fingerprint density at radius 2 is 1.72 bits per heavy atom. The van der Waals surface area contributed by atoms with E-state index in [1.54, 1.807) is 12.1 Å². The molecule has 154 valence electrons. The number of hydrazine groups is 1. The number of hydrogen-bond acceptors (Lipinski definition) is 5. The van der Waals surface area contributed by atoms with Gasteiger partial charge in [-0.2, -0.15) is 0 Å². The zero-order valence-electron chi connectivity index (χ0n) is 15.4. The van der Waals surface area contributed by atoms with E-state index in [9.17, 15) is 18.0 Å². The van der Waals surface area contributed by atoms with Crippen LogP contribution in [0.1, 0.15) is 33.6 Å². The molecular weight excluding hydrogens is 418 g/mol. The van der Waals surface area contributed by atoms with Gasteiger partial charge in [0.2, 0.25) is 10.0 Å². The van der Waals surface area contributed by atoms with Crippen molar-refractivity contribution in [2.75, 3.05) is 13.2 Å². The highest BCUT2D eigenvalue weighted by Gasteiger charge is 2.21. The molecular formula is C19H20ClN3O5S. The Hall–Kier alpha value is -2.46. The lowest BCUT2D eigenvalue weighted by molar-refractivity contribution is 0.0846. The van der Waals surface area contributed by atoms with Gasteiger partial charge in [0.05, 0.1) is 11.0 Å². The van der Waals surface area contributed by atoms with E-state index in [1.165, 1.54) is 36.4 Å². The fourth-order valence-electron chi connectivity index (χ4n) is 2.75. The molecule has 1 aliphatic rings. The van der Waals surface area contributed by atoms with E-state index in [2.05, 4.69) is 15.6 Å². The highest BCUT2D eigenvalue weighted by atomic mass is 35.5. The topological polar surface area (TPSA) is 114 Å². The van der Waals surface area contributed by atoms with Gasteiger partial charge in [-0.3, -0.25) is 20.4 Å². The van der Waals surface area contributed by atoms with E-state index in [-0.39, 0.29) is 23.1 Å². The standard InChI is InChI=1S/C19H20ClN3O5S/c20-15-8-6-13(7-9-15)18(24)22-23-19(25)14-3-1-5-17(11-14)29(26,27)21-12-16-4-2-10-28-16/h1,3,5-9,11,16,21H,2,4,10,12H2,(H,22,24)(H,23,25). The molecule has 0 bridgehead atoms. The van der Waals surface area contributed by atoms with Crippen LogP contribution in [0.5, 0.6) is 0 Å². The number of halogens is 1. The van der Waals surface area contributed by atoms with Crippen molar-refractivity contribution in [2.24, 2.45) is 0 Å². The number of sulfonamides is 1. The molecule has 2 amide bonds. The molecule has 2 aromatic carbocycles. The minimum Gasteiger partial charge on any atom is -0.377 e. The molecule has 1 heterocycles. The van der Waals surface area contributed by atoms with Crippen molar-refractivity contribution in [1.29, 1.82) is 0 Å². The molecule has 0 radical (unpaired) electrons. The summed E-state index contributed by atoms with van der Waals surface area (Å²) in [6.07, 6.45) is 1.57. The van der Waals surface area contributed by atoms with Crippen LogP contribution in [-0.2, 0) is 14.8 Å².